The predicted molar refractivity (Wildman–Crippen MR) is 109 cm³/mol. The maximum atomic E-state index is 12.1. The molecule has 2 rings (SSSR count). The Bertz CT molecular complexity index is 602. The number of ether oxygens (including phenoxy) is 1. The average molecular weight is 394 g/mol. The van der Waals surface area contributed by atoms with E-state index in [1.165, 1.54) is 12.7 Å². The molecule has 1 fully saturated rings. The molecule has 1 aromatic rings. The Hall–Kier alpha value is -1.39. The Labute approximate surface area is 168 Å². The van der Waals surface area contributed by atoms with Gasteiger partial charge in [0.2, 0.25) is 0 Å². The van der Waals surface area contributed by atoms with Crippen molar-refractivity contribution in [2.45, 2.75) is 69.7 Å². The summed E-state index contributed by atoms with van der Waals surface area (Å²) in [5, 5.41) is 0.148. The zero-order valence-electron chi connectivity index (χ0n) is 16.6. The molecule has 0 N–H and O–H groups in total. The molecule has 27 heavy (non-hydrogen) atoms. The third-order valence-corrected chi connectivity index (χ3v) is 5.93. The molecule has 1 heterocycles. The SMILES string of the molecule is CCCCCC(=O)CCN1CCC(Cl)C1CCc1ccc(C(=O)OC)cc1. The van der Waals surface area contributed by atoms with Crippen LogP contribution < -0.4 is 0 Å². The van der Waals surface area contributed by atoms with Gasteiger partial charge in [0.1, 0.15) is 5.78 Å². The summed E-state index contributed by atoms with van der Waals surface area (Å²) in [7, 11) is 1.39. The lowest BCUT2D eigenvalue weighted by atomic mass is 10.0. The Kier molecular flexibility index (Phi) is 9.29. The van der Waals surface area contributed by atoms with Crippen molar-refractivity contribution in [3.63, 3.8) is 0 Å². The number of nitrogens with zero attached hydrogens (tertiary/aromatic N) is 1. The van der Waals surface area contributed by atoms with Gasteiger partial charge in [-0.15, -0.1) is 11.6 Å². The van der Waals surface area contributed by atoms with E-state index in [1.807, 2.05) is 12.1 Å². The number of alkyl halides is 1. The van der Waals surface area contributed by atoms with E-state index in [2.05, 4.69) is 11.8 Å². The van der Waals surface area contributed by atoms with Crippen molar-refractivity contribution in [1.82, 2.24) is 4.90 Å². The molecule has 1 aliphatic rings. The number of unbranched alkanes of at least 4 members (excludes halogenated alkanes) is 2. The van der Waals surface area contributed by atoms with Gasteiger partial charge in [0.25, 0.3) is 0 Å². The molecule has 0 saturated carbocycles. The van der Waals surface area contributed by atoms with Gasteiger partial charge in [-0.1, -0.05) is 31.9 Å². The number of Topliss-reactive ketones (excluding diaryl/α,β-unsaturated/α-hetero) is 1. The van der Waals surface area contributed by atoms with Crippen LogP contribution in [0.5, 0.6) is 0 Å². The zero-order valence-corrected chi connectivity index (χ0v) is 17.3. The van der Waals surface area contributed by atoms with Crippen molar-refractivity contribution in [1.29, 1.82) is 0 Å². The van der Waals surface area contributed by atoms with Gasteiger partial charge in [-0.25, -0.2) is 4.79 Å². The third-order valence-electron chi connectivity index (χ3n) is 5.42. The number of carbonyl (C=O) groups excluding carboxylic acids is 2. The second-order valence-corrected chi connectivity index (χ2v) is 7.94. The summed E-state index contributed by atoms with van der Waals surface area (Å²) < 4.78 is 4.73. The Morgan fingerprint density at radius 3 is 2.59 bits per heavy atom. The molecule has 1 aromatic carbocycles. The van der Waals surface area contributed by atoms with Crippen molar-refractivity contribution in [2.75, 3.05) is 20.2 Å². The minimum atomic E-state index is -0.312. The fraction of sp³-hybridized carbons (Fsp3) is 0.636. The second-order valence-electron chi connectivity index (χ2n) is 7.38. The summed E-state index contributed by atoms with van der Waals surface area (Å²) >= 11 is 6.55. The molecule has 1 saturated heterocycles. The van der Waals surface area contributed by atoms with Crippen molar-refractivity contribution in [2.24, 2.45) is 0 Å². The van der Waals surface area contributed by atoms with Crippen molar-refractivity contribution >= 4 is 23.4 Å². The number of likely N-dealkylation sites (tertiary alicyclic amines) is 1. The second kappa shape index (κ2) is 11.5. The van der Waals surface area contributed by atoms with Gasteiger partial charge < -0.3 is 4.74 Å². The van der Waals surface area contributed by atoms with E-state index in [0.29, 0.717) is 30.2 Å². The number of hydrogen-bond donors (Lipinski definition) is 0. The molecule has 0 bridgehead atoms. The van der Waals surface area contributed by atoms with E-state index in [9.17, 15) is 9.59 Å². The molecule has 0 radical (unpaired) electrons. The molecular formula is C22H32ClNO3. The standard InChI is InChI=1S/C22H32ClNO3/c1-3-4-5-6-19(25)13-15-24-16-14-20(23)21(24)12-9-17-7-10-18(11-8-17)22(26)27-2/h7-8,10-11,20-21H,3-6,9,12-16H2,1-2H3. The van der Waals surface area contributed by atoms with Crippen LogP contribution in [0.4, 0.5) is 0 Å². The molecule has 1 aliphatic heterocycles. The molecule has 2 unspecified atom stereocenters. The smallest absolute Gasteiger partial charge is 0.337 e. The number of rotatable bonds is 11. The normalized spacial score (nSPS) is 20.0. The number of halogens is 1. The van der Waals surface area contributed by atoms with Gasteiger partial charge >= 0.3 is 5.97 Å². The molecular weight excluding hydrogens is 362 g/mol. The maximum Gasteiger partial charge on any atom is 0.337 e. The van der Waals surface area contributed by atoms with Gasteiger partial charge in [0, 0.05) is 25.4 Å². The average Bonchev–Trinajstić information content (AvgIpc) is 3.04. The Morgan fingerprint density at radius 2 is 1.93 bits per heavy atom. The van der Waals surface area contributed by atoms with Gasteiger partial charge in [-0.2, -0.15) is 0 Å². The first-order valence-electron chi connectivity index (χ1n) is 10.1. The monoisotopic (exact) mass is 393 g/mol. The van der Waals surface area contributed by atoms with E-state index in [1.54, 1.807) is 12.1 Å². The van der Waals surface area contributed by atoms with E-state index in [-0.39, 0.29) is 11.3 Å². The number of methoxy groups -OCH3 is 1. The van der Waals surface area contributed by atoms with Crippen LogP contribution in [0.3, 0.4) is 0 Å². The highest BCUT2D eigenvalue weighted by Crippen LogP contribution is 2.27. The molecule has 0 amide bonds. The first kappa shape index (κ1) is 21.9. The minimum Gasteiger partial charge on any atom is -0.465 e. The number of esters is 1. The lowest BCUT2D eigenvalue weighted by Crippen LogP contribution is -2.35. The summed E-state index contributed by atoms with van der Waals surface area (Å²) in [6, 6.07) is 7.88. The Balaban J connectivity index is 1.81. The first-order valence-corrected chi connectivity index (χ1v) is 10.6. The zero-order chi connectivity index (χ0) is 19.6. The quantitative estimate of drug-likeness (QED) is 0.312. The number of carbonyl (C=O) groups is 2. The first-order chi connectivity index (χ1) is 13.0. The number of aryl methyl sites for hydroxylation is 1. The number of hydrogen-bond acceptors (Lipinski definition) is 4. The maximum absolute atomic E-state index is 12.1. The van der Waals surface area contributed by atoms with Crippen LogP contribution in [0.2, 0.25) is 0 Å². The predicted octanol–water partition coefficient (Wildman–Crippen LogP) is 4.63. The largest absolute Gasteiger partial charge is 0.465 e. The van der Waals surface area contributed by atoms with Crippen LogP contribution in [-0.2, 0) is 16.0 Å². The number of benzene rings is 1. The highest BCUT2D eigenvalue weighted by molar-refractivity contribution is 6.21. The summed E-state index contributed by atoms with van der Waals surface area (Å²) in [5.74, 6) is 0.0616. The molecule has 0 spiro atoms. The van der Waals surface area contributed by atoms with Crippen LogP contribution in [0, 0.1) is 0 Å². The van der Waals surface area contributed by atoms with E-state index in [0.717, 1.165) is 51.6 Å². The third kappa shape index (κ3) is 6.93. The van der Waals surface area contributed by atoms with Crippen LogP contribution in [-0.4, -0.2) is 48.3 Å². The van der Waals surface area contributed by atoms with E-state index < -0.39 is 0 Å². The van der Waals surface area contributed by atoms with Crippen LogP contribution in [0.1, 0.15) is 67.8 Å². The van der Waals surface area contributed by atoms with Crippen LogP contribution in [0.15, 0.2) is 24.3 Å². The molecule has 5 heteroatoms. The lowest BCUT2D eigenvalue weighted by molar-refractivity contribution is -0.119. The summed E-state index contributed by atoms with van der Waals surface area (Å²) in [6.45, 7) is 3.95. The molecule has 2 atom stereocenters. The van der Waals surface area contributed by atoms with Crippen LogP contribution >= 0.6 is 11.6 Å². The van der Waals surface area contributed by atoms with E-state index in [4.69, 9.17) is 16.3 Å². The fourth-order valence-corrected chi connectivity index (χ4v) is 4.11. The lowest BCUT2D eigenvalue weighted by Gasteiger charge is -2.26. The van der Waals surface area contributed by atoms with Gasteiger partial charge in [0.05, 0.1) is 18.1 Å². The number of ketones is 1. The van der Waals surface area contributed by atoms with Crippen molar-refractivity contribution in [3.8, 4) is 0 Å². The summed E-state index contributed by atoms with van der Waals surface area (Å²) in [5.41, 5.74) is 1.76. The fourth-order valence-electron chi connectivity index (χ4n) is 3.72. The molecule has 150 valence electrons. The molecule has 0 aliphatic carbocycles. The van der Waals surface area contributed by atoms with Gasteiger partial charge in [-0.05, 0) is 49.9 Å². The summed E-state index contributed by atoms with van der Waals surface area (Å²) in [4.78, 5) is 26.0. The van der Waals surface area contributed by atoms with Gasteiger partial charge in [0.15, 0.2) is 0 Å². The van der Waals surface area contributed by atoms with E-state index >= 15 is 0 Å². The Morgan fingerprint density at radius 1 is 1.19 bits per heavy atom. The highest BCUT2D eigenvalue weighted by atomic mass is 35.5. The minimum absolute atomic E-state index is 0.148. The van der Waals surface area contributed by atoms with Crippen molar-refractivity contribution < 1.29 is 14.3 Å². The molecule has 0 aromatic heterocycles. The summed E-state index contributed by atoms with van der Waals surface area (Å²) in [6.07, 6.45) is 7.51. The topological polar surface area (TPSA) is 46.6 Å². The van der Waals surface area contributed by atoms with Crippen molar-refractivity contribution in [3.05, 3.63) is 35.4 Å². The van der Waals surface area contributed by atoms with Crippen LogP contribution in [0.25, 0.3) is 0 Å². The highest BCUT2D eigenvalue weighted by Gasteiger charge is 2.32. The van der Waals surface area contributed by atoms with Gasteiger partial charge in [-0.3, -0.25) is 9.69 Å². The molecule has 4 nitrogen and oxygen atoms in total.